The smallest absolute Gasteiger partial charge is 0.326 e. The van der Waals surface area contributed by atoms with Crippen LogP contribution in [0.25, 0.3) is 0 Å². The monoisotopic (exact) mass is 678 g/mol. The zero-order chi connectivity index (χ0) is 29.9. The van der Waals surface area contributed by atoms with Crippen LogP contribution in [0.4, 0.5) is 0 Å². The van der Waals surface area contributed by atoms with Gasteiger partial charge in [0, 0.05) is 20.1 Å². The largest absolute Gasteiger partial charge is 0.480 e. The molecule has 3 atom stereocenters. The number of carboxylic acids is 1. The van der Waals surface area contributed by atoms with Gasteiger partial charge in [-0.25, -0.2) is 13.2 Å². The average molecular weight is 680 g/mol. The number of nitrogens with one attached hydrogen (secondary N) is 1. The maximum absolute atomic E-state index is 14.5. The second kappa shape index (κ2) is 13.1. The first-order chi connectivity index (χ1) is 19.4. The van der Waals surface area contributed by atoms with Gasteiger partial charge >= 0.3 is 5.97 Å². The third-order valence-electron chi connectivity index (χ3n) is 6.78. The number of carbonyl (C=O) groups excluding carboxylic acids is 1. The van der Waals surface area contributed by atoms with Crippen LogP contribution in [0.3, 0.4) is 0 Å². The second-order valence-electron chi connectivity index (χ2n) is 10.2. The minimum Gasteiger partial charge on any atom is -0.480 e. The summed E-state index contributed by atoms with van der Waals surface area (Å²) in [5.74, 6) is -1.83. The number of halogens is 3. The highest BCUT2D eigenvalue weighted by Gasteiger charge is 2.45. The van der Waals surface area contributed by atoms with Gasteiger partial charge < -0.3 is 10.4 Å². The summed E-state index contributed by atoms with van der Waals surface area (Å²) in [5.41, 5.74) is 1.22. The predicted molar refractivity (Wildman–Crippen MR) is 163 cm³/mol. The molecule has 1 amide bonds. The van der Waals surface area contributed by atoms with E-state index < -0.39 is 40.0 Å². The summed E-state index contributed by atoms with van der Waals surface area (Å²) in [7, 11) is -4.24. The first-order valence-corrected chi connectivity index (χ1v) is 15.9. The molecule has 11 heteroatoms. The van der Waals surface area contributed by atoms with Gasteiger partial charge in [-0.3, -0.25) is 4.79 Å². The van der Waals surface area contributed by atoms with Gasteiger partial charge in [-0.2, -0.15) is 4.31 Å². The van der Waals surface area contributed by atoms with Gasteiger partial charge in [0.2, 0.25) is 15.9 Å². The van der Waals surface area contributed by atoms with Gasteiger partial charge in [-0.1, -0.05) is 83.3 Å². The molecule has 2 N–H and O–H groups in total. The topological polar surface area (TPSA) is 104 Å². The Morgan fingerprint density at radius 3 is 2.15 bits per heavy atom. The maximum atomic E-state index is 14.5. The molecule has 3 aromatic carbocycles. The number of sulfonamides is 1. The molecular weight excluding hydrogens is 651 g/mol. The zero-order valence-electron chi connectivity index (χ0n) is 22.3. The maximum Gasteiger partial charge on any atom is 0.326 e. The molecule has 41 heavy (non-hydrogen) atoms. The van der Waals surface area contributed by atoms with Crippen LogP contribution in [0.15, 0.2) is 93.8 Å². The van der Waals surface area contributed by atoms with E-state index in [4.69, 9.17) is 23.2 Å². The number of amides is 1. The number of rotatable bonds is 9. The highest BCUT2D eigenvalue weighted by atomic mass is 79.9. The van der Waals surface area contributed by atoms with Crippen molar-refractivity contribution in [2.75, 3.05) is 0 Å². The Labute approximate surface area is 258 Å². The number of carboxylic acid groups (broad SMARTS) is 1. The summed E-state index contributed by atoms with van der Waals surface area (Å²) >= 11 is 16.0. The number of carbonyl (C=O) groups is 2. The minimum atomic E-state index is -4.24. The molecule has 0 saturated heterocycles. The molecule has 7 nitrogen and oxygen atoms in total. The molecule has 0 saturated carbocycles. The molecule has 0 fully saturated rings. The predicted octanol–water partition coefficient (Wildman–Crippen LogP) is 7.17. The van der Waals surface area contributed by atoms with Gasteiger partial charge in [0.15, 0.2) is 0 Å². The molecule has 0 radical (unpaired) electrons. The summed E-state index contributed by atoms with van der Waals surface area (Å²) in [6.45, 7) is 3.72. The van der Waals surface area contributed by atoms with E-state index in [1.807, 2.05) is 13.8 Å². The molecule has 2 unspecified atom stereocenters. The van der Waals surface area contributed by atoms with Crippen LogP contribution in [0, 0.1) is 5.92 Å². The Kier molecular flexibility index (Phi) is 9.97. The fourth-order valence-corrected chi connectivity index (χ4v) is 7.40. The van der Waals surface area contributed by atoms with Crippen LogP contribution < -0.4 is 5.32 Å². The average Bonchev–Trinajstić information content (AvgIpc) is 2.91. The van der Waals surface area contributed by atoms with Crippen LogP contribution in [-0.4, -0.2) is 35.7 Å². The Hall–Kier alpha value is -2.69. The van der Waals surface area contributed by atoms with Gasteiger partial charge in [0.1, 0.15) is 6.04 Å². The van der Waals surface area contributed by atoms with Crippen molar-refractivity contribution < 1.29 is 23.1 Å². The van der Waals surface area contributed by atoms with E-state index in [1.54, 1.807) is 66.7 Å². The summed E-state index contributed by atoms with van der Waals surface area (Å²) in [4.78, 5) is 25.8. The van der Waals surface area contributed by atoms with Crippen LogP contribution in [0.5, 0.6) is 0 Å². The second-order valence-corrected chi connectivity index (χ2v) is 13.8. The van der Waals surface area contributed by atoms with Gasteiger partial charge in [0.05, 0.1) is 17.0 Å². The lowest BCUT2D eigenvalue weighted by Gasteiger charge is -2.41. The van der Waals surface area contributed by atoms with Crippen LogP contribution in [-0.2, 0) is 19.6 Å². The van der Waals surface area contributed by atoms with Crippen molar-refractivity contribution in [3.05, 3.63) is 110 Å². The van der Waals surface area contributed by atoms with Gasteiger partial charge in [-0.05, 0) is 78.4 Å². The number of benzene rings is 3. The van der Waals surface area contributed by atoms with Crippen LogP contribution in [0.1, 0.15) is 49.9 Å². The van der Waals surface area contributed by atoms with E-state index in [-0.39, 0.29) is 29.2 Å². The van der Waals surface area contributed by atoms with Crippen molar-refractivity contribution in [1.29, 1.82) is 0 Å². The summed E-state index contributed by atoms with van der Waals surface area (Å²) in [5, 5.41) is 13.2. The minimum absolute atomic E-state index is 0.00181. The Balaban J connectivity index is 1.93. The Bertz CT molecular complexity index is 1580. The highest BCUT2D eigenvalue weighted by molar-refractivity contribution is 9.10. The van der Waals surface area contributed by atoms with E-state index in [0.717, 1.165) is 0 Å². The first-order valence-electron chi connectivity index (χ1n) is 12.9. The van der Waals surface area contributed by atoms with Crippen LogP contribution in [0.2, 0.25) is 10.0 Å². The molecule has 1 heterocycles. The summed E-state index contributed by atoms with van der Waals surface area (Å²) < 4.78 is 31.0. The highest BCUT2D eigenvalue weighted by Crippen LogP contribution is 2.46. The standard InChI is InChI=1S/C30H29BrCl2N2O5S/c1-18(2)15-26(30(37)38)34-29(36)25-13-14-27(19-5-3-7-22(32)16-19)35(28(25)20-6-4-8-23(33)17-20)41(39,40)24-11-9-21(31)10-12-24/h3-13,16-18,26-28H,14-15H2,1-2H3,(H,34,36)(H,37,38)/t26-,27?,28?/m0/s1. The van der Waals surface area contributed by atoms with Crippen molar-refractivity contribution in [3.8, 4) is 0 Å². The van der Waals surface area contributed by atoms with Crippen molar-refractivity contribution in [3.63, 3.8) is 0 Å². The number of hydrogen-bond acceptors (Lipinski definition) is 4. The van der Waals surface area contributed by atoms with E-state index in [2.05, 4.69) is 21.2 Å². The molecule has 0 aliphatic carbocycles. The Morgan fingerprint density at radius 2 is 1.59 bits per heavy atom. The normalized spacial score (nSPS) is 18.5. The molecule has 0 bridgehead atoms. The fourth-order valence-electron chi connectivity index (χ4n) is 4.96. The van der Waals surface area contributed by atoms with E-state index in [9.17, 15) is 23.1 Å². The van der Waals surface area contributed by atoms with Crippen molar-refractivity contribution in [1.82, 2.24) is 9.62 Å². The lowest BCUT2D eigenvalue weighted by atomic mass is 9.88. The van der Waals surface area contributed by atoms with Crippen LogP contribution >= 0.6 is 39.1 Å². The molecule has 3 aromatic rings. The fraction of sp³-hybridized carbons (Fsp3) is 0.267. The number of aliphatic carboxylic acids is 1. The molecule has 1 aliphatic rings. The third kappa shape index (κ3) is 7.21. The van der Waals surface area contributed by atoms with E-state index in [1.165, 1.54) is 16.4 Å². The van der Waals surface area contributed by atoms with Gasteiger partial charge in [0.25, 0.3) is 0 Å². The molecular formula is C30H29BrCl2N2O5S. The number of hydrogen-bond donors (Lipinski definition) is 2. The molecule has 0 aromatic heterocycles. The zero-order valence-corrected chi connectivity index (χ0v) is 26.2. The van der Waals surface area contributed by atoms with Crippen molar-refractivity contribution in [2.45, 2.75) is 49.7 Å². The van der Waals surface area contributed by atoms with Crippen molar-refractivity contribution in [2.24, 2.45) is 5.92 Å². The SMILES string of the molecule is CC(C)C[C@H](NC(=O)C1=CCC(c2cccc(Cl)c2)N(S(=O)(=O)c2ccc(Br)cc2)C1c1cccc(Cl)c1)C(=O)O. The summed E-state index contributed by atoms with van der Waals surface area (Å²) in [6, 6.07) is 16.8. The van der Waals surface area contributed by atoms with E-state index >= 15 is 0 Å². The molecule has 4 rings (SSSR count). The van der Waals surface area contributed by atoms with E-state index in [0.29, 0.717) is 25.6 Å². The van der Waals surface area contributed by atoms with Crippen molar-refractivity contribution >= 4 is 61.0 Å². The summed E-state index contributed by atoms with van der Waals surface area (Å²) in [6.07, 6.45) is 2.04. The lowest BCUT2D eigenvalue weighted by molar-refractivity contribution is -0.141. The van der Waals surface area contributed by atoms with Gasteiger partial charge in [-0.15, -0.1) is 0 Å². The lowest BCUT2D eigenvalue weighted by Crippen LogP contribution is -2.47. The quantitative estimate of drug-likeness (QED) is 0.250. The molecule has 1 aliphatic heterocycles. The first kappa shape index (κ1) is 31.3. The molecule has 216 valence electrons. The Morgan fingerprint density at radius 1 is 1.00 bits per heavy atom. The molecule has 0 spiro atoms. The number of nitrogens with zero attached hydrogens (tertiary/aromatic N) is 1. The third-order valence-corrected chi connectivity index (χ3v) is 9.66.